The van der Waals surface area contributed by atoms with Gasteiger partial charge in [0.2, 0.25) is 0 Å². The van der Waals surface area contributed by atoms with Crippen LogP contribution in [0.1, 0.15) is 17.0 Å². The second-order valence-corrected chi connectivity index (χ2v) is 4.49. The molecule has 2 aromatic rings. The van der Waals surface area contributed by atoms with Crippen LogP contribution in [0.5, 0.6) is 0 Å². The summed E-state index contributed by atoms with van der Waals surface area (Å²) in [6, 6.07) is 3.95. The first-order chi connectivity index (χ1) is 7.63. The Balaban J connectivity index is 2.46. The van der Waals surface area contributed by atoms with E-state index in [1.54, 1.807) is 4.68 Å². The zero-order valence-corrected chi connectivity index (χ0v) is 11.4. The average Bonchev–Trinajstić information content (AvgIpc) is 2.57. The van der Waals surface area contributed by atoms with Crippen LogP contribution in [0.25, 0.3) is 5.82 Å². The number of rotatable bonds is 2. The minimum atomic E-state index is 0.700. The largest absolute Gasteiger partial charge is 0.237 e. The third-order valence-electron chi connectivity index (χ3n) is 2.38. The van der Waals surface area contributed by atoms with Crippen LogP contribution in [0.3, 0.4) is 0 Å². The molecule has 0 aromatic carbocycles. The van der Waals surface area contributed by atoms with E-state index in [-0.39, 0.29) is 0 Å². The summed E-state index contributed by atoms with van der Waals surface area (Å²) in [5, 5.41) is 5.85. The van der Waals surface area contributed by atoms with E-state index in [2.05, 4.69) is 26.0 Å². The van der Waals surface area contributed by atoms with Gasteiger partial charge in [0.15, 0.2) is 5.82 Å². The maximum absolute atomic E-state index is 6.09. The third-order valence-corrected chi connectivity index (χ3v) is 3.58. The Bertz CT molecular complexity index is 505. The van der Waals surface area contributed by atoms with Crippen molar-refractivity contribution in [2.75, 3.05) is 0 Å². The van der Waals surface area contributed by atoms with E-state index in [0.717, 1.165) is 28.1 Å². The van der Waals surface area contributed by atoms with Gasteiger partial charge in [-0.25, -0.2) is 9.67 Å². The second-order valence-electron chi connectivity index (χ2n) is 3.55. The highest BCUT2D eigenvalue weighted by Crippen LogP contribution is 2.21. The van der Waals surface area contributed by atoms with Crippen LogP contribution in [-0.4, -0.2) is 14.8 Å². The number of nitrogens with zero attached hydrogens (tertiary/aromatic N) is 3. The van der Waals surface area contributed by atoms with Crippen molar-refractivity contribution < 1.29 is 0 Å². The summed E-state index contributed by atoms with van der Waals surface area (Å²) in [4.78, 5) is 4.35. The van der Waals surface area contributed by atoms with Crippen molar-refractivity contribution in [2.45, 2.75) is 19.2 Å². The molecule has 0 saturated heterocycles. The Morgan fingerprint density at radius 1 is 1.38 bits per heavy atom. The Labute approximate surface area is 108 Å². The molecule has 0 aliphatic heterocycles. The highest BCUT2D eigenvalue weighted by molar-refractivity contribution is 9.08. The normalized spacial score (nSPS) is 10.8. The first-order valence-electron chi connectivity index (χ1n) is 4.86. The van der Waals surface area contributed by atoms with Crippen LogP contribution < -0.4 is 0 Å². The molecule has 0 amide bonds. The molecule has 0 fully saturated rings. The van der Waals surface area contributed by atoms with Crippen LogP contribution >= 0.6 is 27.5 Å². The van der Waals surface area contributed by atoms with Gasteiger partial charge in [0.05, 0.1) is 16.4 Å². The summed E-state index contributed by atoms with van der Waals surface area (Å²) >= 11 is 9.47. The topological polar surface area (TPSA) is 30.7 Å². The van der Waals surface area contributed by atoms with E-state index >= 15 is 0 Å². The summed E-state index contributed by atoms with van der Waals surface area (Å²) in [6.07, 6.45) is 1.83. The van der Waals surface area contributed by atoms with Crippen LogP contribution in [0.2, 0.25) is 5.02 Å². The minimum Gasteiger partial charge on any atom is -0.237 e. The fourth-order valence-corrected chi connectivity index (χ4v) is 1.92. The molecule has 0 N–H and O–H groups in total. The fraction of sp³-hybridized carbons (Fsp3) is 0.273. The summed E-state index contributed by atoms with van der Waals surface area (Å²) in [6.45, 7) is 3.82. The molecule has 2 rings (SSSR count). The molecule has 0 aliphatic carbocycles. The van der Waals surface area contributed by atoms with E-state index in [4.69, 9.17) is 11.6 Å². The van der Waals surface area contributed by atoms with Crippen molar-refractivity contribution in [2.24, 2.45) is 0 Å². The van der Waals surface area contributed by atoms with E-state index < -0.39 is 0 Å². The van der Waals surface area contributed by atoms with E-state index in [9.17, 15) is 0 Å². The Morgan fingerprint density at radius 3 is 2.56 bits per heavy atom. The molecule has 16 heavy (non-hydrogen) atoms. The number of hydrogen-bond acceptors (Lipinski definition) is 2. The zero-order chi connectivity index (χ0) is 11.7. The van der Waals surface area contributed by atoms with Crippen molar-refractivity contribution in [3.63, 3.8) is 0 Å². The molecule has 2 aromatic heterocycles. The van der Waals surface area contributed by atoms with Crippen molar-refractivity contribution in [1.82, 2.24) is 14.8 Å². The summed E-state index contributed by atoms with van der Waals surface area (Å²) < 4.78 is 1.76. The van der Waals surface area contributed by atoms with Crippen LogP contribution in [0.15, 0.2) is 18.3 Å². The first-order valence-corrected chi connectivity index (χ1v) is 6.36. The van der Waals surface area contributed by atoms with Crippen LogP contribution in [0.4, 0.5) is 0 Å². The minimum absolute atomic E-state index is 0.700. The molecule has 0 radical (unpaired) electrons. The predicted octanol–water partition coefficient (Wildman–Crippen LogP) is 3.43. The highest BCUT2D eigenvalue weighted by atomic mass is 79.9. The Hall–Kier alpha value is -0.870. The van der Waals surface area contributed by atoms with Gasteiger partial charge in [-0.2, -0.15) is 5.10 Å². The van der Waals surface area contributed by atoms with Gasteiger partial charge in [0.1, 0.15) is 0 Å². The lowest BCUT2D eigenvalue weighted by Crippen LogP contribution is -2.01. The van der Waals surface area contributed by atoms with Gasteiger partial charge in [-0.15, -0.1) is 0 Å². The molecule has 0 bridgehead atoms. The average molecular weight is 301 g/mol. The van der Waals surface area contributed by atoms with Gasteiger partial charge in [-0.3, -0.25) is 0 Å². The number of pyridine rings is 1. The number of hydrogen-bond donors (Lipinski definition) is 0. The molecular weight excluding hydrogens is 289 g/mol. The molecule has 84 valence electrons. The van der Waals surface area contributed by atoms with Gasteiger partial charge >= 0.3 is 0 Å². The van der Waals surface area contributed by atoms with E-state index in [0.29, 0.717) is 5.02 Å². The Morgan fingerprint density at radius 2 is 2.12 bits per heavy atom. The summed E-state index contributed by atoms with van der Waals surface area (Å²) in [7, 11) is 0. The number of aryl methyl sites for hydroxylation is 1. The summed E-state index contributed by atoms with van der Waals surface area (Å²) in [5.74, 6) is 0.789. The van der Waals surface area contributed by atoms with Crippen LogP contribution in [0, 0.1) is 13.8 Å². The molecule has 0 aliphatic rings. The molecule has 5 heteroatoms. The number of alkyl halides is 1. The maximum Gasteiger partial charge on any atom is 0.153 e. The van der Waals surface area contributed by atoms with Crippen molar-refractivity contribution in [3.05, 3.63) is 40.3 Å². The second kappa shape index (κ2) is 4.55. The predicted molar refractivity (Wildman–Crippen MR) is 68.5 cm³/mol. The van der Waals surface area contributed by atoms with E-state index in [1.165, 1.54) is 0 Å². The molecule has 2 heterocycles. The van der Waals surface area contributed by atoms with Gasteiger partial charge < -0.3 is 0 Å². The highest BCUT2D eigenvalue weighted by Gasteiger charge is 2.10. The van der Waals surface area contributed by atoms with Gasteiger partial charge in [0.25, 0.3) is 0 Å². The van der Waals surface area contributed by atoms with Crippen LogP contribution in [-0.2, 0) is 5.33 Å². The standard InChI is InChI=1S/C11H11BrClN3/c1-7-11(13)8(2)16(15-7)10-4-3-9(5-12)6-14-10/h3-4,6H,5H2,1-2H3. The molecule has 0 spiro atoms. The third kappa shape index (κ3) is 1.99. The molecule has 0 atom stereocenters. The lowest BCUT2D eigenvalue weighted by molar-refractivity contribution is 0.805. The molecular formula is C11H11BrClN3. The fourth-order valence-electron chi connectivity index (χ4n) is 1.47. The SMILES string of the molecule is Cc1nn(-c2ccc(CBr)cn2)c(C)c1Cl. The maximum atomic E-state index is 6.09. The molecule has 3 nitrogen and oxygen atoms in total. The quantitative estimate of drug-likeness (QED) is 0.796. The van der Waals surface area contributed by atoms with Gasteiger partial charge in [-0.1, -0.05) is 33.6 Å². The number of halogens is 2. The van der Waals surface area contributed by atoms with E-state index in [1.807, 2.05) is 32.2 Å². The lowest BCUT2D eigenvalue weighted by Gasteiger charge is -2.03. The molecule has 0 saturated carbocycles. The van der Waals surface area contributed by atoms with Gasteiger partial charge in [-0.05, 0) is 25.5 Å². The van der Waals surface area contributed by atoms with Crippen molar-refractivity contribution in [1.29, 1.82) is 0 Å². The van der Waals surface area contributed by atoms with Gasteiger partial charge in [0, 0.05) is 11.5 Å². The van der Waals surface area contributed by atoms with Crippen molar-refractivity contribution >= 4 is 27.5 Å². The monoisotopic (exact) mass is 299 g/mol. The lowest BCUT2D eigenvalue weighted by atomic mass is 10.3. The van der Waals surface area contributed by atoms with Crippen molar-refractivity contribution in [3.8, 4) is 5.82 Å². The smallest absolute Gasteiger partial charge is 0.153 e. The first kappa shape index (κ1) is 11.6. The summed E-state index contributed by atoms with van der Waals surface area (Å²) in [5.41, 5.74) is 2.88. The Kier molecular flexibility index (Phi) is 3.30. The molecule has 0 unspecified atom stereocenters. The zero-order valence-electron chi connectivity index (χ0n) is 9.04. The number of aromatic nitrogens is 3.